The maximum Gasteiger partial charge on any atom is 0.227 e. The molecule has 0 radical (unpaired) electrons. The number of aryl methyl sites for hydroxylation is 1. The van der Waals surface area contributed by atoms with Gasteiger partial charge in [-0.25, -0.2) is 4.99 Å². The summed E-state index contributed by atoms with van der Waals surface area (Å²) in [5, 5.41) is 17.9. The minimum Gasteiger partial charge on any atom is -0.375 e. The molecule has 0 saturated heterocycles. The van der Waals surface area contributed by atoms with Crippen LogP contribution in [0.2, 0.25) is 0 Å². The molecule has 0 bridgehead atoms. The van der Waals surface area contributed by atoms with Crippen LogP contribution in [-0.4, -0.2) is 59.9 Å². The molecule has 176 valence electrons. The number of para-hydroxylation sites is 1. The average Bonchev–Trinajstić information content (AvgIpc) is 3.10. The van der Waals surface area contributed by atoms with Crippen molar-refractivity contribution in [3.05, 3.63) is 42.0 Å². The number of hydrogen-bond acceptors (Lipinski definition) is 5. The third-order valence-corrected chi connectivity index (χ3v) is 5.37. The fourth-order valence-corrected chi connectivity index (χ4v) is 3.03. The molecule has 0 atom stereocenters. The van der Waals surface area contributed by atoms with E-state index in [0.717, 1.165) is 31.2 Å². The molecule has 0 aliphatic rings. The van der Waals surface area contributed by atoms with Crippen molar-refractivity contribution in [1.82, 2.24) is 30.7 Å². The zero-order valence-corrected chi connectivity index (χ0v) is 20.3. The summed E-state index contributed by atoms with van der Waals surface area (Å²) in [7, 11) is 4.02. The van der Waals surface area contributed by atoms with Crippen molar-refractivity contribution in [2.75, 3.05) is 38.1 Å². The van der Waals surface area contributed by atoms with Gasteiger partial charge in [-0.1, -0.05) is 18.2 Å². The van der Waals surface area contributed by atoms with Crippen molar-refractivity contribution in [1.29, 1.82) is 0 Å². The van der Waals surface area contributed by atoms with E-state index in [0.29, 0.717) is 25.6 Å². The Morgan fingerprint density at radius 1 is 1.16 bits per heavy atom. The van der Waals surface area contributed by atoms with Crippen LogP contribution in [0, 0.1) is 12.3 Å². The Balaban J connectivity index is 1.95. The predicted molar refractivity (Wildman–Crippen MR) is 130 cm³/mol. The van der Waals surface area contributed by atoms with E-state index in [1.165, 1.54) is 5.69 Å². The molecule has 2 rings (SSSR count). The molecular formula is C23H38N8O. The molecule has 0 spiro atoms. The number of hydrogen-bond donors (Lipinski definition) is 3. The minimum atomic E-state index is -0.562. The largest absolute Gasteiger partial charge is 0.375 e. The standard InChI is InChI=1S/C23H38N8O/c1-7-24-21(32)23(3,4)17-27-22(26-16-20-29-28-18(2)31(20)6)25-14-11-15-30(5)19-12-9-8-10-13-19/h8-10,12-13H,7,11,14-17H2,1-6H3,(H,24,32)(H2,25,26,27). The SMILES string of the molecule is CCNC(=O)C(C)(C)CNC(=NCc1nnc(C)n1C)NCCCN(C)c1ccccc1. The maximum atomic E-state index is 12.3. The molecule has 0 saturated carbocycles. The van der Waals surface area contributed by atoms with E-state index in [9.17, 15) is 4.79 Å². The zero-order valence-electron chi connectivity index (χ0n) is 20.3. The number of anilines is 1. The van der Waals surface area contributed by atoms with Crippen LogP contribution >= 0.6 is 0 Å². The molecule has 0 fully saturated rings. The summed E-state index contributed by atoms with van der Waals surface area (Å²) in [6.45, 7) is 10.8. The number of nitrogens with zero attached hydrogens (tertiary/aromatic N) is 5. The molecule has 1 aromatic carbocycles. The summed E-state index contributed by atoms with van der Waals surface area (Å²) in [6, 6.07) is 10.3. The van der Waals surface area contributed by atoms with Crippen LogP contribution < -0.4 is 20.9 Å². The molecule has 3 N–H and O–H groups in total. The Hall–Kier alpha value is -3.10. The Bertz CT molecular complexity index is 875. The monoisotopic (exact) mass is 442 g/mol. The Morgan fingerprint density at radius 3 is 2.50 bits per heavy atom. The van der Waals surface area contributed by atoms with E-state index < -0.39 is 5.41 Å². The van der Waals surface area contributed by atoms with Gasteiger partial charge in [-0.05, 0) is 46.2 Å². The van der Waals surface area contributed by atoms with Gasteiger partial charge in [0.1, 0.15) is 12.4 Å². The molecular weight excluding hydrogens is 404 g/mol. The van der Waals surface area contributed by atoms with Crippen LogP contribution in [-0.2, 0) is 18.4 Å². The quantitative estimate of drug-likeness (QED) is 0.279. The molecule has 9 heteroatoms. The maximum absolute atomic E-state index is 12.3. The van der Waals surface area contributed by atoms with Crippen molar-refractivity contribution >= 4 is 17.6 Å². The van der Waals surface area contributed by atoms with E-state index >= 15 is 0 Å². The Labute approximate surface area is 191 Å². The average molecular weight is 443 g/mol. The van der Waals surface area contributed by atoms with Crippen molar-refractivity contribution in [2.45, 2.75) is 40.7 Å². The van der Waals surface area contributed by atoms with E-state index in [1.54, 1.807) is 0 Å². The highest BCUT2D eigenvalue weighted by Gasteiger charge is 2.27. The van der Waals surface area contributed by atoms with Crippen molar-refractivity contribution < 1.29 is 4.79 Å². The number of rotatable bonds is 11. The van der Waals surface area contributed by atoms with Gasteiger partial charge < -0.3 is 25.4 Å². The summed E-state index contributed by atoms with van der Waals surface area (Å²) in [5.74, 6) is 2.31. The van der Waals surface area contributed by atoms with Gasteiger partial charge in [0.15, 0.2) is 11.8 Å². The molecule has 32 heavy (non-hydrogen) atoms. The van der Waals surface area contributed by atoms with Gasteiger partial charge in [0.25, 0.3) is 0 Å². The summed E-state index contributed by atoms with van der Waals surface area (Å²) < 4.78 is 1.93. The lowest BCUT2D eigenvalue weighted by atomic mass is 9.92. The van der Waals surface area contributed by atoms with Gasteiger partial charge in [0, 0.05) is 46.0 Å². The topological polar surface area (TPSA) is 99.5 Å². The lowest BCUT2D eigenvalue weighted by molar-refractivity contribution is -0.128. The molecule has 1 heterocycles. The molecule has 9 nitrogen and oxygen atoms in total. The van der Waals surface area contributed by atoms with Crippen molar-refractivity contribution in [3.8, 4) is 0 Å². The van der Waals surface area contributed by atoms with Gasteiger partial charge in [0.05, 0.1) is 5.41 Å². The lowest BCUT2D eigenvalue weighted by Gasteiger charge is -2.25. The van der Waals surface area contributed by atoms with E-state index in [2.05, 4.69) is 55.2 Å². The van der Waals surface area contributed by atoms with Gasteiger partial charge in [-0.2, -0.15) is 0 Å². The summed E-state index contributed by atoms with van der Waals surface area (Å²) in [5.41, 5.74) is 0.633. The lowest BCUT2D eigenvalue weighted by Crippen LogP contribution is -2.48. The highest BCUT2D eigenvalue weighted by molar-refractivity contribution is 5.84. The van der Waals surface area contributed by atoms with Crippen molar-refractivity contribution in [2.24, 2.45) is 17.5 Å². The first-order chi connectivity index (χ1) is 15.2. The smallest absolute Gasteiger partial charge is 0.227 e. The fourth-order valence-electron chi connectivity index (χ4n) is 3.03. The first-order valence-electron chi connectivity index (χ1n) is 11.2. The normalized spacial score (nSPS) is 11.9. The number of carbonyl (C=O) groups excluding carboxylic acids is 1. The predicted octanol–water partition coefficient (Wildman–Crippen LogP) is 1.85. The van der Waals surface area contributed by atoms with Crippen LogP contribution in [0.5, 0.6) is 0 Å². The molecule has 0 aliphatic carbocycles. The number of aromatic nitrogens is 3. The zero-order chi connectivity index (χ0) is 23.6. The molecule has 0 aliphatic heterocycles. The van der Waals surface area contributed by atoms with Gasteiger partial charge in [-0.15, -0.1) is 10.2 Å². The third kappa shape index (κ3) is 7.55. The first-order valence-corrected chi connectivity index (χ1v) is 11.2. The summed E-state index contributed by atoms with van der Waals surface area (Å²) in [4.78, 5) is 19.2. The number of nitrogens with one attached hydrogen (secondary N) is 3. The second-order valence-electron chi connectivity index (χ2n) is 8.52. The highest BCUT2D eigenvalue weighted by atomic mass is 16.2. The third-order valence-electron chi connectivity index (χ3n) is 5.37. The van der Waals surface area contributed by atoms with Crippen molar-refractivity contribution in [3.63, 3.8) is 0 Å². The Kier molecular flexibility index (Phi) is 9.49. The van der Waals surface area contributed by atoms with Crippen LogP contribution in [0.1, 0.15) is 38.8 Å². The summed E-state index contributed by atoms with van der Waals surface area (Å²) in [6.07, 6.45) is 0.939. The molecule has 1 amide bonds. The minimum absolute atomic E-state index is 0.0141. The van der Waals surface area contributed by atoms with E-state index in [4.69, 9.17) is 0 Å². The first kappa shape index (κ1) is 25.2. The van der Waals surface area contributed by atoms with Crippen LogP contribution in [0.4, 0.5) is 5.69 Å². The van der Waals surface area contributed by atoms with E-state index in [-0.39, 0.29) is 5.91 Å². The highest BCUT2D eigenvalue weighted by Crippen LogP contribution is 2.13. The van der Waals surface area contributed by atoms with E-state index in [1.807, 2.05) is 57.5 Å². The van der Waals surface area contributed by atoms with Crippen LogP contribution in [0.15, 0.2) is 35.3 Å². The number of amides is 1. The molecule has 0 unspecified atom stereocenters. The fraction of sp³-hybridized carbons (Fsp3) is 0.565. The van der Waals surface area contributed by atoms with Gasteiger partial charge in [0.2, 0.25) is 5.91 Å². The number of aliphatic imine (C=N–C) groups is 1. The number of carbonyl (C=O) groups is 1. The molecule has 1 aromatic heterocycles. The second-order valence-corrected chi connectivity index (χ2v) is 8.52. The van der Waals surface area contributed by atoms with Gasteiger partial charge in [-0.3, -0.25) is 4.79 Å². The van der Waals surface area contributed by atoms with Gasteiger partial charge >= 0.3 is 0 Å². The second kappa shape index (κ2) is 12.1. The van der Waals surface area contributed by atoms with Crippen LogP contribution in [0.3, 0.4) is 0 Å². The molecule has 2 aromatic rings. The Morgan fingerprint density at radius 2 is 1.88 bits per heavy atom. The number of guanidine groups is 1. The summed E-state index contributed by atoms with van der Waals surface area (Å²) >= 11 is 0. The number of benzene rings is 1. The van der Waals surface area contributed by atoms with Crippen LogP contribution in [0.25, 0.3) is 0 Å².